The van der Waals surface area contributed by atoms with Crippen molar-refractivity contribution in [3.63, 3.8) is 0 Å². The second-order valence-corrected chi connectivity index (χ2v) is 5.55. The van der Waals surface area contributed by atoms with Crippen LogP contribution in [0.4, 0.5) is 5.95 Å². The summed E-state index contributed by atoms with van der Waals surface area (Å²) < 4.78 is 2.06. The van der Waals surface area contributed by atoms with Gasteiger partial charge in [-0.2, -0.15) is 0 Å². The second-order valence-electron chi connectivity index (χ2n) is 5.55. The number of aryl methyl sites for hydroxylation is 1. The minimum atomic E-state index is 0.304. The first-order chi connectivity index (χ1) is 9.15. The Morgan fingerprint density at radius 3 is 2.84 bits per heavy atom. The zero-order valence-corrected chi connectivity index (χ0v) is 11.6. The quantitative estimate of drug-likeness (QED) is 0.915. The molecule has 1 saturated heterocycles. The fraction of sp³-hybridized carbons (Fsp3) is 0.571. The Balaban J connectivity index is 1.92. The van der Waals surface area contributed by atoms with Crippen molar-refractivity contribution in [2.24, 2.45) is 0 Å². The number of hydrogen-bond acceptors (Lipinski definition) is 4. The van der Waals surface area contributed by atoms with Crippen molar-refractivity contribution in [3.8, 4) is 0 Å². The van der Waals surface area contributed by atoms with Gasteiger partial charge >= 0.3 is 0 Å². The molecular formula is C14H21N5. The lowest BCUT2D eigenvalue weighted by molar-refractivity contribution is 0.291. The van der Waals surface area contributed by atoms with Gasteiger partial charge in [-0.15, -0.1) is 0 Å². The van der Waals surface area contributed by atoms with Gasteiger partial charge in [0.15, 0.2) is 5.65 Å². The topological polar surface area (TPSA) is 60.0 Å². The maximum Gasteiger partial charge on any atom is 0.202 e. The summed E-state index contributed by atoms with van der Waals surface area (Å²) in [5, 5.41) is 0. The summed E-state index contributed by atoms with van der Waals surface area (Å²) in [5.74, 6) is 0.569. The van der Waals surface area contributed by atoms with Crippen molar-refractivity contribution >= 4 is 17.1 Å². The average molecular weight is 259 g/mol. The summed E-state index contributed by atoms with van der Waals surface area (Å²) in [4.78, 5) is 11.4. The Hall–Kier alpha value is -1.62. The van der Waals surface area contributed by atoms with Gasteiger partial charge in [-0.25, -0.2) is 9.97 Å². The summed E-state index contributed by atoms with van der Waals surface area (Å²) >= 11 is 0. The number of likely N-dealkylation sites (tertiary alicyclic amines) is 1. The minimum absolute atomic E-state index is 0.304. The van der Waals surface area contributed by atoms with Crippen molar-refractivity contribution in [1.82, 2.24) is 19.4 Å². The molecule has 1 atom stereocenters. The molecule has 0 aromatic carbocycles. The van der Waals surface area contributed by atoms with Crippen LogP contribution in [0.3, 0.4) is 0 Å². The van der Waals surface area contributed by atoms with Gasteiger partial charge in [-0.3, -0.25) is 4.57 Å². The first-order valence-electron chi connectivity index (χ1n) is 6.97. The number of fused-ring (bicyclic) bond motifs is 1. The van der Waals surface area contributed by atoms with E-state index in [0.29, 0.717) is 12.0 Å². The van der Waals surface area contributed by atoms with E-state index in [9.17, 15) is 0 Å². The SMILES string of the molecule is Cc1cnc2c(c1)nc(N)n2C(C)CN1CCCC1. The molecule has 2 N–H and O–H groups in total. The van der Waals surface area contributed by atoms with Crippen LogP contribution >= 0.6 is 0 Å². The average Bonchev–Trinajstić information content (AvgIpc) is 2.95. The largest absolute Gasteiger partial charge is 0.369 e. The van der Waals surface area contributed by atoms with Gasteiger partial charge in [0.1, 0.15) is 5.52 Å². The molecule has 0 amide bonds. The van der Waals surface area contributed by atoms with Gasteiger partial charge < -0.3 is 10.6 Å². The number of nitrogen functional groups attached to an aromatic ring is 1. The standard InChI is InChI=1S/C14H21N5/c1-10-7-12-13(16-8-10)19(14(15)17-12)11(2)9-18-5-3-4-6-18/h7-8,11H,3-6,9H2,1-2H3,(H2,15,17). The van der Waals surface area contributed by atoms with Gasteiger partial charge in [-0.1, -0.05) is 0 Å². The zero-order chi connectivity index (χ0) is 13.4. The monoisotopic (exact) mass is 259 g/mol. The Morgan fingerprint density at radius 2 is 2.11 bits per heavy atom. The molecule has 1 aliphatic rings. The molecule has 2 aromatic rings. The normalized spacial score (nSPS) is 18.2. The second kappa shape index (κ2) is 4.81. The predicted molar refractivity (Wildman–Crippen MR) is 77.1 cm³/mol. The number of nitrogens with zero attached hydrogens (tertiary/aromatic N) is 4. The van der Waals surface area contributed by atoms with Gasteiger partial charge in [-0.05, 0) is 51.4 Å². The van der Waals surface area contributed by atoms with E-state index in [1.165, 1.54) is 25.9 Å². The lowest BCUT2D eigenvalue weighted by atomic mass is 10.3. The summed E-state index contributed by atoms with van der Waals surface area (Å²) in [7, 11) is 0. The Morgan fingerprint density at radius 1 is 1.37 bits per heavy atom. The summed E-state index contributed by atoms with van der Waals surface area (Å²) in [6.07, 6.45) is 4.50. The molecule has 3 heterocycles. The van der Waals surface area contributed by atoms with Crippen LogP contribution in [-0.2, 0) is 0 Å². The highest BCUT2D eigenvalue weighted by atomic mass is 15.2. The highest BCUT2D eigenvalue weighted by molar-refractivity contribution is 5.74. The molecule has 1 aliphatic heterocycles. The third-order valence-electron chi connectivity index (χ3n) is 3.86. The summed E-state index contributed by atoms with van der Waals surface area (Å²) in [6.45, 7) is 7.63. The van der Waals surface area contributed by atoms with Crippen LogP contribution in [0.25, 0.3) is 11.2 Å². The Labute approximate surface area is 113 Å². The first kappa shape index (κ1) is 12.4. The van der Waals surface area contributed by atoms with Crippen LogP contribution < -0.4 is 5.73 Å². The highest BCUT2D eigenvalue weighted by Crippen LogP contribution is 2.23. The lowest BCUT2D eigenvalue weighted by Gasteiger charge is -2.22. The minimum Gasteiger partial charge on any atom is -0.369 e. The molecule has 2 aromatic heterocycles. The Bertz CT molecular complexity index is 583. The number of aromatic nitrogens is 3. The van der Waals surface area contributed by atoms with Crippen LogP contribution in [0.5, 0.6) is 0 Å². The van der Waals surface area contributed by atoms with E-state index in [4.69, 9.17) is 5.73 Å². The van der Waals surface area contributed by atoms with E-state index in [-0.39, 0.29) is 0 Å². The van der Waals surface area contributed by atoms with Crippen molar-refractivity contribution in [3.05, 3.63) is 17.8 Å². The molecule has 0 spiro atoms. The highest BCUT2D eigenvalue weighted by Gasteiger charge is 2.19. The number of imidazole rings is 1. The van der Waals surface area contributed by atoms with Gasteiger partial charge in [0.05, 0.1) is 0 Å². The molecule has 5 heteroatoms. The Kier molecular flexibility index (Phi) is 3.14. The molecule has 0 saturated carbocycles. The summed E-state index contributed by atoms with van der Waals surface area (Å²) in [6, 6.07) is 2.34. The number of anilines is 1. The van der Waals surface area contributed by atoms with E-state index in [2.05, 4.69) is 26.4 Å². The number of rotatable bonds is 3. The smallest absolute Gasteiger partial charge is 0.202 e. The number of hydrogen-bond donors (Lipinski definition) is 1. The molecule has 19 heavy (non-hydrogen) atoms. The van der Waals surface area contributed by atoms with E-state index < -0.39 is 0 Å². The van der Waals surface area contributed by atoms with Crippen molar-refractivity contribution in [1.29, 1.82) is 0 Å². The van der Waals surface area contributed by atoms with E-state index in [1.54, 1.807) is 0 Å². The molecule has 0 bridgehead atoms. The van der Waals surface area contributed by atoms with E-state index in [0.717, 1.165) is 23.3 Å². The predicted octanol–water partition coefficient (Wildman–Crippen LogP) is 1.98. The maximum absolute atomic E-state index is 6.07. The molecule has 1 fully saturated rings. The number of pyridine rings is 1. The van der Waals surface area contributed by atoms with Crippen LogP contribution in [-0.4, -0.2) is 39.1 Å². The van der Waals surface area contributed by atoms with Crippen LogP contribution in [0.1, 0.15) is 31.4 Å². The lowest BCUT2D eigenvalue weighted by Crippen LogP contribution is -2.27. The molecule has 5 nitrogen and oxygen atoms in total. The van der Waals surface area contributed by atoms with Crippen LogP contribution in [0, 0.1) is 6.92 Å². The fourth-order valence-electron chi connectivity index (χ4n) is 2.96. The van der Waals surface area contributed by atoms with Crippen LogP contribution in [0.15, 0.2) is 12.3 Å². The van der Waals surface area contributed by atoms with Crippen molar-refractivity contribution in [2.75, 3.05) is 25.4 Å². The summed E-state index contributed by atoms with van der Waals surface area (Å²) in [5.41, 5.74) is 8.98. The molecule has 102 valence electrons. The van der Waals surface area contributed by atoms with Crippen LogP contribution in [0.2, 0.25) is 0 Å². The molecule has 3 rings (SSSR count). The third kappa shape index (κ3) is 2.30. The van der Waals surface area contributed by atoms with Gasteiger partial charge in [0, 0.05) is 18.8 Å². The zero-order valence-electron chi connectivity index (χ0n) is 11.6. The first-order valence-corrected chi connectivity index (χ1v) is 6.97. The molecule has 1 unspecified atom stereocenters. The maximum atomic E-state index is 6.07. The number of nitrogens with two attached hydrogens (primary N) is 1. The van der Waals surface area contributed by atoms with Crippen molar-refractivity contribution < 1.29 is 0 Å². The third-order valence-corrected chi connectivity index (χ3v) is 3.86. The van der Waals surface area contributed by atoms with Gasteiger partial charge in [0.2, 0.25) is 5.95 Å². The van der Waals surface area contributed by atoms with Crippen molar-refractivity contribution in [2.45, 2.75) is 32.7 Å². The molecule has 0 radical (unpaired) electrons. The van der Waals surface area contributed by atoms with E-state index >= 15 is 0 Å². The molecule has 0 aliphatic carbocycles. The molecular weight excluding hydrogens is 238 g/mol. The van der Waals surface area contributed by atoms with E-state index in [1.807, 2.05) is 19.2 Å². The van der Waals surface area contributed by atoms with Gasteiger partial charge in [0.25, 0.3) is 0 Å². The fourth-order valence-corrected chi connectivity index (χ4v) is 2.96.